The average Bonchev–Trinajstić information content (AvgIpc) is 2.87. The van der Waals surface area contributed by atoms with Crippen LogP contribution in [0.25, 0.3) is 5.70 Å². The number of anilines is 1. The van der Waals surface area contributed by atoms with Gasteiger partial charge in [0.15, 0.2) is 0 Å². The molecule has 0 radical (unpaired) electrons. The molecule has 0 fully saturated rings. The van der Waals surface area contributed by atoms with E-state index in [0.717, 1.165) is 17.4 Å². The maximum Gasteiger partial charge on any atom is 0.216 e. The molecule has 4 rings (SSSR count). The first kappa shape index (κ1) is 10.3. The van der Waals surface area contributed by atoms with Gasteiger partial charge in [-0.05, 0) is 25.5 Å². The van der Waals surface area contributed by atoms with Crippen LogP contribution in [0.4, 0.5) is 5.95 Å². The molecule has 2 aliphatic heterocycles. The zero-order chi connectivity index (χ0) is 12.3. The van der Waals surface area contributed by atoms with Crippen LogP contribution >= 0.6 is 12.6 Å². The maximum absolute atomic E-state index is 4.53. The van der Waals surface area contributed by atoms with E-state index in [0.29, 0.717) is 0 Å². The van der Waals surface area contributed by atoms with Crippen molar-refractivity contribution in [3.8, 4) is 0 Å². The molecule has 1 unspecified atom stereocenters. The fourth-order valence-electron chi connectivity index (χ4n) is 3.00. The smallest absolute Gasteiger partial charge is 0.216 e. The van der Waals surface area contributed by atoms with Gasteiger partial charge in [0.25, 0.3) is 0 Å². The lowest BCUT2D eigenvalue weighted by Gasteiger charge is -2.37. The van der Waals surface area contributed by atoms with Crippen LogP contribution in [0.15, 0.2) is 53.4 Å². The van der Waals surface area contributed by atoms with Crippen LogP contribution in [0, 0.1) is 0 Å². The molecule has 3 heterocycles. The minimum atomic E-state index is -0.102. The van der Waals surface area contributed by atoms with Gasteiger partial charge in [-0.2, -0.15) is 0 Å². The normalized spacial score (nSPS) is 27.6. The third-order valence-corrected chi connectivity index (χ3v) is 4.19. The van der Waals surface area contributed by atoms with Gasteiger partial charge < -0.3 is 4.90 Å². The first-order valence-corrected chi connectivity index (χ1v) is 6.48. The monoisotopic (exact) mass is 255 g/mol. The van der Waals surface area contributed by atoms with E-state index in [2.05, 4.69) is 70.6 Å². The summed E-state index contributed by atoms with van der Waals surface area (Å²) in [6, 6.07) is 0. The van der Waals surface area contributed by atoms with Crippen LogP contribution in [0.5, 0.6) is 0 Å². The molecule has 0 N–H and O–H groups in total. The molecule has 3 aliphatic rings. The van der Waals surface area contributed by atoms with Crippen LogP contribution < -0.4 is 4.90 Å². The van der Waals surface area contributed by atoms with Crippen LogP contribution in [0.2, 0.25) is 0 Å². The number of imidazole rings is 1. The lowest BCUT2D eigenvalue weighted by Crippen LogP contribution is -2.43. The highest BCUT2D eigenvalue weighted by atomic mass is 32.1. The molecule has 1 atom stereocenters. The van der Waals surface area contributed by atoms with Crippen molar-refractivity contribution in [1.82, 2.24) is 9.55 Å². The molecular formula is C14H13N3S. The van der Waals surface area contributed by atoms with Gasteiger partial charge in [0.1, 0.15) is 5.54 Å². The van der Waals surface area contributed by atoms with Crippen molar-refractivity contribution in [2.75, 3.05) is 4.90 Å². The van der Waals surface area contributed by atoms with Gasteiger partial charge >= 0.3 is 0 Å². The summed E-state index contributed by atoms with van der Waals surface area (Å²) in [5.41, 5.74) is 2.45. The molecule has 18 heavy (non-hydrogen) atoms. The fourth-order valence-corrected chi connectivity index (χ4v) is 3.25. The standard InChI is InChI=1S/C14H13N3S/c1-10-4-6-14-5-2-3-7-16(14)13-15-9-12(18)17(13)11(14)8-10/h2-5,7-9,18H,6H2,1H3. The Labute approximate surface area is 111 Å². The predicted octanol–water partition coefficient (Wildman–Crippen LogP) is 3.01. The lowest BCUT2D eigenvalue weighted by atomic mass is 9.83. The van der Waals surface area contributed by atoms with E-state index >= 15 is 0 Å². The van der Waals surface area contributed by atoms with Crippen molar-refractivity contribution >= 4 is 24.3 Å². The molecule has 90 valence electrons. The number of thiol groups is 1. The van der Waals surface area contributed by atoms with Crippen molar-refractivity contribution in [1.29, 1.82) is 0 Å². The SMILES string of the molecule is CC1=CCC23C=CC=CN2c2ncc(S)n2C3=C1. The van der Waals surface area contributed by atoms with Gasteiger partial charge in [0.2, 0.25) is 5.95 Å². The molecule has 0 bridgehead atoms. The number of aromatic nitrogens is 2. The minimum absolute atomic E-state index is 0.102. The first-order chi connectivity index (χ1) is 8.72. The second-order valence-electron chi connectivity index (χ2n) is 4.93. The summed E-state index contributed by atoms with van der Waals surface area (Å²) >= 11 is 4.53. The second kappa shape index (κ2) is 3.20. The van der Waals surface area contributed by atoms with Gasteiger partial charge in [-0.25, -0.2) is 4.98 Å². The number of fused-ring (bicyclic) bond motifs is 3. The van der Waals surface area contributed by atoms with Crippen molar-refractivity contribution in [3.63, 3.8) is 0 Å². The molecule has 4 heteroatoms. The Hall–Kier alpha value is -1.68. The number of hydrogen-bond donors (Lipinski definition) is 1. The van der Waals surface area contributed by atoms with Gasteiger partial charge in [-0.15, -0.1) is 12.6 Å². The van der Waals surface area contributed by atoms with Crippen molar-refractivity contribution in [2.45, 2.75) is 23.9 Å². The van der Waals surface area contributed by atoms with Crippen LogP contribution in [0.3, 0.4) is 0 Å². The number of hydrogen-bond acceptors (Lipinski definition) is 3. The van der Waals surface area contributed by atoms with Crippen LogP contribution in [0.1, 0.15) is 13.3 Å². The van der Waals surface area contributed by atoms with Gasteiger partial charge in [-0.3, -0.25) is 4.57 Å². The molecule has 3 nitrogen and oxygen atoms in total. The summed E-state index contributed by atoms with van der Waals surface area (Å²) in [6.45, 7) is 2.14. The van der Waals surface area contributed by atoms with E-state index in [-0.39, 0.29) is 5.54 Å². The molecule has 0 amide bonds. The molecule has 0 saturated carbocycles. The number of rotatable bonds is 0. The summed E-state index contributed by atoms with van der Waals surface area (Å²) in [5.74, 6) is 0.954. The summed E-state index contributed by atoms with van der Waals surface area (Å²) in [6.07, 6.45) is 15.8. The quantitative estimate of drug-likeness (QED) is 0.719. The molecule has 1 aromatic rings. The number of nitrogens with zero attached hydrogens (tertiary/aromatic N) is 3. The summed E-state index contributed by atoms with van der Waals surface area (Å²) in [4.78, 5) is 6.73. The highest BCUT2D eigenvalue weighted by Crippen LogP contribution is 2.49. The van der Waals surface area contributed by atoms with Crippen molar-refractivity contribution in [3.05, 3.63) is 48.4 Å². The third kappa shape index (κ3) is 1.04. The van der Waals surface area contributed by atoms with Gasteiger partial charge in [-0.1, -0.05) is 23.8 Å². The van der Waals surface area contributed by atoms with Crippen molar-refractivity contribution in [2.24, 2.45) is 0 Å². The largest absolute Gasteiger partial charge is 0.303 e. The van der Waals surface area contributed by atoms with Crippen LogP contribution in [-0.4, -0.2) is 15.1 Å². The molecule has 1 spiro atoms. The molecule has 1 aromatic heterocycles. The Morgan fingerprint density at radius 3 is 3.17 bits per heavy atom. The zero-order valence-electron chi connectivity index (χ0n) is 10.0. The molecule has 1 aliphatic carbocycles. The summed E-state index contributed by atoms with van der Waals surface area (Å²) < 4.78 is 2.14. The maximum atomic E-state index is 4.53. The van der Waals surface area contributed by atoms with E-state index < -0.39 is 0 Å². The van der Waals surface area contributed by atoms with Gasteiger partial charge in [0, 0.05) is 6.20 Å². The van der Waals surface area contributed by atoms with Crippen LogP contribution in [-0.2, 0) is 0 Å². The number of allylic oxidation sites excluding steroid dienone is 4. The minimum Gasteiger partial charge on any atom is -0.303 e. The summed E-state index contributed by atoms with van der Waals surface area (Å²) in [5, 5.41) is 0.890. The Kier molecular flexibility index (Phi) is 1.83. The topological polar surface area (TPSA) is 21.1 Å². The second-order valence-corrected chi connectivity index (χ2v) is 5.39. The Morgan fingerprint density at radius 2 is 2.28 bits per heavy atom. The predicted molar refractivity (Wildman–Crippen MR) is 75.6 cm³/mol. The van der Waals surface area contributed by atoms with Crippen molar-refractivity contribution < 1.29 is 0 Å². The Balaban J connectivity index is 2.05. The highest BCUT2D eigenvalue weighted by molar-refractivity contribution is 7.80. The van der Waals surface area contributed by atoms with E-state index in [1.165, 1.54) is 11.3 Å². The molecular weight excluding hydrogens is 242 g/mol. The van der Waals surface area contributed by atoms with E-state index in [1.54, 1.807) is 0 Å². The van der Waals surface area contributed by atoms with Gasteiger partial charge in [0.05, 0.1) is 16.9 Å². The average molecular weight is 255 g/mol. The third-order valence-electron chi connectivity index (χ3n) is 3.87. The fraction of sp³-hybridized carbons (Fsp3) is 0.214. The molecule has 0 saturated heterocycles. The first-order valence-electron chi connectivity index (χ1n) is 6.04. The highest BCUT2D eigenvalue weighted by Gasteiger charge is 2.48. The van der Waals surface area contributed by atoms with E-state index in [4.69, 9.17) is 0 Å². The Bertz CT molecular complexity index is 663. The summed E-state index contributed by atoms with van der Waals surface area (Å²) in [7, 11) is 0. The lowest BCUT2D eigenvalue weighted by molar-refractivity contribution is 0.649. The zero-order valence-corrected chi connectivity index (χ0v) is 10.9. The molecule has 0 aromatic carbocycles. The van der Waals surface area contributed by atoms with E-state index in [1.807, 2.05) is 6.20 Å². The Morgan fingerprint density at radius 1 is 1.39 bits per heavy atom. The van der Waals surface area contributed by atoms with E-state index in [9.17, 15) is 0 Å².